The molecule has 0 aromatic carbocycles. The number of halogens is 1. The molecule has 5 N–H and O–H groups in total. The van der Waals surface area contributed by atoms with E-state index >= 15 is 0 Å². The second-order valence-corrected chi connectivity index (χ2v) is 3.61. The van der Waals surface area contributed by atoms with E-state index < -0.39 is 0 Å². The van der Waals surface area contributed by atoms with E-state index in [1.54, 1.807) is 6.20 Å². The van der Waals surface area contributed by atoms with Gasteiger partial charge in [-0.25, -0.2) is 4.98 Å². The van der Waals surface area contributed by atoms with E-state index in [4.69, 9.17) is 11.5 Å². The van der Waals surface area contributed by atoms with Crippen molar-refractivity contribution in [2.75, 3.05) is 24.6 Å². The van der Waals surface area contributed by atoms with Crippen molar-refractivity contribution in [2.45, 2.75) is 18.8 Å². The number of nitrogens with two attached hydrogens (primary N) is 2. The number of rotatable bonds is 1. The van der Waals surface area contributed by atoms with Crippen molar-refractivity contribution < 1.29 is 0 Å². The molecule has 0 saturated carbocycles. The van der Waals surface area contributed by atoms with Crippen LogP contribution in [0.5, 0.6) is 0 Å². The zero-order valence-electron chi connectivity index (χ0n) is 8.44. The molecule has 0 bridgehead atoms. The van der Waals surface area contributed by atoms with Crippen LogP contribution in [0.15, 0.2) is 6.20 Å². The van der Waals surface area contributed by atoms with Gasteiger partial charge in [-0.15, -0.1) is 12.4 Å². The van der Waals surface area contributed by atoms with E-state index in [-0.39, 0.29) is 18.4 Å². The van der Waals surface area contributed by atoms with Crippen molar-refractivity contribution >= 4 is 24.2 Å². The fourth-order valence-electron chi connectivity index (χ4n) is 1.85. The number of piperidine rings is 1. The third-order valence-electron chi connectivity index (χ3n) is 2.60. The minimum absolute atomic E-state index is 0. The number of nitrogen functional groups attached to an aromatic ring is 2. The Hall–Kier alpha value is -1.07. The van der Waals surface area contributed by atoms with Crippen molar-refractivity contribution in [3.63, 3.8) is 0 Å². The molecule has 1 fully saturated rings. The minimum atomic E-state index is 0. The summed E-state index contributed by atoms with van der Waals surface area (Å²) in [6, 6.07) is 0. The summed E-state index contributed by atoms with van der Waals surface area (Å²) in [4.78, 5) is 7.94. The van der Waals surface area contributed by atoms with Crippen LogP contribution in [0, 0.1) is 0 Å². The average molecular weight is 230 g/mol. The molecular formula is C9H16ClN5. The van der Waals surface area contributed by atoms with Crippen molar-refractivity contribution in [2.24, 2.45) is 0 Å². The van der Waals surface area contributed by atoms with Gasteiger partial charge in [-0.1, -0.05) is 0 Å². The standard InChI is InChI=1S/C9H15N5.ClH/c10-8-7(5-13-9(11)14-8)6-2-1-3-12-4-6;/h5-6,12H,1-4H2,(H4,10,11,13,14);1H. The smallest absolute Gasteiger partial charge is 0.221 e. The van der Waals surface area contributed by atoms with Gasteiger partial charge in [0.1, 0.15) is 5.82 Å². The molecule has 0 aliphatic carbocycles. The van der Waals surface area contributed by atoms with Crippen LogP contribution in [-0.4, -0.2) is 23.1 Å². The SMILES string of the molecule is Cl.Nc1ncc(C2CCCNC2)c(N)n1. The first kappa shape index (κ1) is 12.0. The molecule has 84 valence electrons. The lowest BCUT2D eigenvalue weighted by atomic mass is 9.93. The van der Waals surface area contributed by atoms with Crippen LogP contribution in [0.2, 0.25) is 0 Å². The van der Waals surface area contributed by atoms with Gasteiger partial charge in [0, 0.05) is 24.2 Å². The molecule has 1 atom stereocenters. The van der Waals surface area contributed by atoms with Crippen molar-refractivity contribution in [1.29, 1.82) is 0 Å². The van der Waals surface area contributed by atoms with Crippen molar-refractivity contribution in [3.8, 4) is 0 Å². The van der Waals surface area contributed by atoms with Gasteiger partial charge >= 0.3 is 0 Å². The minimum Gasteiger partial charge on any atom is -0.383 e. The van der Waals surface area contributed by atoms with Crippen LogP contribution >= 0.6 is 12.4 Å². The summed E-state index contributed by atoms with van der Waals surface area (Å²) in [6.07, 6.45) is 4.06. The Kier molecular flexibility index (Phi) is 4.11. The molecule has 0 spiro atoms. The molecule has 2 rings (SSSR count). The molecule has 1 saturated heterocycles. The molecule has 1 aliphatic rings. The maximum absolute atomic E-state index is 5.79. The summed E-state index contributed by atoms with van der Waals surface area (Å²) in [7, 11) is 0. The molecule has 0 radical (unpaired) electrons. The Morgan fingerprint density at radius 1 is 1.40 bits per heavy atom. The number of nitrogens with zero attached hydrogens (tertiary/aromatic N) is 2. The van der Waals surface area contributed by atoms with Gasteiger partial charge < -0.3 is 16.8 Å². The Bertz CT molecular complexity index is 324. The third-order valence-corrected chi connectivity index (χ3v) is 2.60. The van der Waals surface area contributed by atoms with E-state index in [9.17, 15) is 0 Å². The highest BCUT2D eigenvalue weighted by Crippen LogP contribution is 2.26. The van der Waals surface area contributed by atoms with Gasteiger partial charge in [0.05, 0.1) is 0 Å². The molecule has 2 heterocycles. The Morgan fingerprint density at radius 3 is 2.80 bits per heavy atom. The Labute approximate surface area is 95.1 Å². The summed E-state index contributed by atoms with van der Waals surface area (Å²) < 4.78 is 0. The highest BCUT2D eigenvalue weighted by atomic mass is 35.5. The molecule has 5 nitrogen and oxygen atoms in total. The first-order valence-electron chi connectivity index (χ1n) is 4.86. The fraction of sp³-hybridized carbons (Fsp3) is 0.556. The van der Waals surface area contributed by atoms with Gasteiger partial charge in [0.15, 0.2) is 0 Å². The van der Waals surface area contributed by atoms with Crippen LogP contribution < -0.4 is 16.8 Å². The second-order valence-electron chi connectivity index (χ2n) is 3.61. The highest BCUT2D eigenvalue weighted by molar-refractivity contribution is 5.85. The lowest BCUT2D eigenvalue weighted by Gasteiger charge is -2.23. The summed E-state index contributed by atoms with van der Waals surface area (Å²) >= 11 is 0. The lowest BCUT2D eigenvalue weighted by molar-refractivity contribution is 0.461. The predicted octanol–water partition coefficient (Wildman–Crippen LogP) is 0.530. The summed E-state index contributed by atoms with van der Waals surface area (Å²) in [5.41, 5.74) is 12.3. The normalized spacial score (nSPS) is 20.7. The van der Waals surface area contributed by atoms with E-state index in [0.717, 1.165) is 25.1 Å². The van der Waals surface area contributed by atoms with Crippen molar-refractivity contribution in [1.82, 2.24) is 15.3 Å². The highest BCUT2D eigenvalue weighted by Gasteiger charge is 2.18. The first-order chi connectivity index (χ1) is 6.77. The average Bonchev–Trinajstić information content (AvgIpc) is 2.19. The summed E-state index contributed by atoms with van der Waals surface area (Å²) in [5, 5.41) is 3.33. The Morgan fingerprint density at radius 2 is 2.20 bits per heavy atom. The lowest BCUT2D eigenvalue weighted by Crippen LogP contribution is -2.29. The second kappa shape index (κ2) is 5.14. The number of nitrogens with one attached hydrogen (secondary N) is 1. The molecular weight excluding hydrogens is 214 g/mol. The topological polar surface area (TPSA) is 89.8 Å². The maximum atomic E-state index is 5.79. The number of hydrogen-bond donors (Lipinski definition) is 3. The number of anilines is 2. The van der Waals surface area contributed by atoms with E-state index in [2.05, 4.69) is 15.3 Å². The zero-order valence-corrected chi connectivity index (χ0v) is 9.26. The molecule has 0 amide bonds. The monoisotopic (exact) mass is 229 g/mol. The van der Waals surface area contributed by atoms with Crippen LogP contribution in [0.1, 0.15) is 24.3 Å². The number of hydrogen-bond acceptors (Lipinski definition) is 5. The molecule has 1 unspecified atom stereocenters. The van der Waals surface area contributed by atoms with Crippen LogP contribution in [0.3, 0.4) is 0 Å². The van der Waals surface area contributed by atoms with E-state index in [1.165, 1.54) is 6.42 Å². The van der Waals surface area contributed by atoms with E-state index in [1.807, 2.05) is 0 Å². The quantitative estimate of drug-likeness (QED) is 0.654. The Balaban J connectivity index is 0.00000112. The maximum Gasteiger partial charge on any atom is 0.221 e. The van der Waals surface area contributed by atoms with Gasteiger partial charge in [0.25, 0.3) is 0 Å². The number of aromatic nitrogens is 2. The zero-order chi connectivity index (χ0) is 9.97. The first-order valence-corrected chi connectivity index (χ1v) is 4.86. The van der Waals surface area contributed by atoms with Gasteiger partial charge in [-0.05, 0) is 19.4 Å². The largest absolute Gasteiger partial charge is 0.383 e. The molecule has 1 aromatic rings. The third kappa shape index (κ3) is 2.70. The molecule has 15 heavy (non-hydrogen) atoms. The van der Waals surface area contributed by atoms with Gasteiger partial charge in [0.2, 0.25) is 5.95 Å². The summed E-state index contributed by atoms with van der Waals surface area (Å²) in [6.45, 7) is 2.05. The summed E-state index contributed by atoms with van der Waals surface area (Å²) in [5.74, 6) is 1.20. The van der Waals surface area contributed by atoms with Crippen molar-refractivity contribution in [3.05, 3.63) is 11.8 Å². The van der Waals surface area contributed by atoms with Crippen LogP contribution in [-0.2, 0) is 0 Å². The molecule has 1 aliphatic heterocycles. The van der Waals surface area contributed by atoms with Crippen LogP contribution in [0.4, 0.5) is 11.8 Å². The fourth-order valence-corrected chi connectivity index (χ4v) is 1.85. The van der Waals surface area contributed by atoms with Gasteiger partial charge in [-0.2, -0.15) is 4.98 Å². The molecule has 6 heteroatoms. The molecule has 1 aromatic heterocycles. The predicted molar refractivity (Wildman–Crippen MR) is 62.9 cm³/mol. The van der Waals surface area contributed by atoms with E-state index in [0.29, 0.717) is 11.7 Å². The van der Waals surface area contributed by atoms with Crippen LogP contribution in [0.25, 0.3) is 0 Å². The van der Waals surface area contributed by atoms with Gasteiger partial charge in [-0.3, -0.25) is 0 Å².